The summed E-state index contributed by atoms with van der Waals surface area (Å²) in [5.41, 5.74) is 4.06. The smallest absolute Gasteiger partial charge is 0.250 e. The van der Waals surface area contributed by atoms with E-state index in [-0.39, 0.29) is 5.56 Å². The summed E-state index contributed by atoms with van der Waals surface area (Å²) in [5.74, 6) is 0.429. The molecule has 6 nitrogen and oxygen atoms in total. The number of imidazole rings is 1. The molecule has 1 aromatic carbocycles. The van der Waals surface area contributed by atoms with Crippen molar-refractivity contribution in [2.45, 2.75) is 32.2 Å². The maximum atomic E-state index is 11.6. The number of aromatic nitrogens is 4. The summed E-state index contributed by atoms with van der Waals surface area (Å²) in [4.78, 5) is 25.8. The van der Waals surface area contributed by atoms with Gasteiger partial charge in [0.2, 0.25) is 0 Å². The highest BCUT2D eigenvalue weighted by Crippen LogP contribution is 2.34. The fraction of sp³-hybridized carbons (Fsp3) is 0.381. The normalized spacial score (nSPS) is 17.9. The Kier molecular flexibility index (Phi) is 5.16. The molecule has 1 fully saturated rings. The molecule has 140 valence electrons. The Hall–Kier alpha value is -2.73. The maximum Gasteiger partial charge on any atom is 0.250 e. The van der Waals surface area contributed by atoms with Crippen LogP contribution >= 0.6 is 0 Å². The van der Waals surface area contributed by atoms with Crippen LogP contribution in [0, 0.1) is 0 Å². The van der Waals surface area contributed by atoms with Crippen molar-refractivity contribution in [1.82, 2.24) is 24.4 Å². The minimum absolute atomic E-state index is 0.125. The molecule has 1 atom stereocenters. The highest BCUT2D eigenvalue weighted by Gasteiger charge is 2.27. The molecular weight excluding hydrogens is 338 g/mol. The van der Waals surface area contributed by atoms with Crippen molar-refractivity contribution in [3.05, 3.63) is 70.8 Å². The van der Waals surface area contributed by atoms with E-state index in [4.69, 9.17) is 4.98 Å². The third-order valence-electron chi connectivity index (χ3n) is 5.33. The summed E-state index contributed by atoms with van der Waals surface area (Å²) in [7, 11) is 0. The SMILES string of the molecule is CCN1CCC[C@@H](c2c(-c3ccccc3)ncn2Cc2cc(=O)[nH]cn2)C1. The van der Waals surface area contributed by atoms with Crippen LogP contribution in [0.4, 0.5) is 0 Å². The van der Waals surface area contributed by atoms with Crippen molar-refractivity contribution in [1.29, 1.82) is 0 Å². The van der Waals surface area contributed by atoms with Gasteiger partial charge in [0, 0.05) is 24.1 Å². The predicted molar refractivity (Wildman–Crippen MR) is 106 cm³/mol. The van der Waals surface area contributed by atoms with Crippen molar-refractivity contribution in [2.24, 2.45) is 0 Å². The number of nitrogens with zero attached hydrogens (tertiary/aromatic N) is 4. The van der Waals surface area contributed by atoms with Crippen LogP contribution in [0.25, 0.3) is 11.3 Å². The van der Waals surface area contributed by atoms with E-state index in [0.29, 0.717) is 12.5 Å². The predicted octanol–water partition coefficient (Wildman–Crippen LogP) is 2.88. The van der Waals surface area contributed by atoms with Gasteiger partial charge in [-0.05, 0) is 25.9 Å². The van der Waals surface area contributed by atoms with Crippen LogP contribution in [-0.4, -0.2) is 44.1 Å². The van der Waals surface area contributed by atoms with Gasteiger partial charge in [-0.1, -0.05) is 37.3 Å². The lowest BCUT2D eigenvalue weighted by atomic mass is 9.91. The lowest BCUT2D eigenvalue weighted by Gasteiger charge is -2.32. The number of aromatic amines is 1. The molecule has 0 bridgehead atoms. The average molecular weight is 363 g/mol. The van der Waals surface area contributed by atoms with Crippen LogP contribution in [0.5, 0.6) is 0 Å². The van der Waals surface area contributed by atoms with E-state index in [1.807, 2.05) is 12.4 Å². The van der Waals surface area contributed by atoms with Gasteiger partial charge in [-0.2, -0.15) is 0 Å². The molecule has 3 heterocycles. The minimum atomic E-state index is -0.125. The van der Waals surface area contributed by atoms with Crippen LogP contribution in [0.15, 0.2) is 53.8 Å². The molecule has 6 heteroatoms. The first-order valence-corrected chi connectivity index (χ1v) is 9.61. The second-order valence-electron chi connectivity index (χ2n) is 7.11. The van der Waals surface area contributed by atoms with E-state index in [2.05, 4.69) is 50.6 Å². The molecule has 0 unspecified atom stereocenters. The van der Waals surface area contributed by atoms with Gasteiger partial charge in [0.05, 0.1) is 36.3 Å². The number of H-pyrrole nitrogens is 1. The standard InChI is InChI=1S/C21H25N5O/c1-2-25-10-6-9-17(12-25)21-20(16-7-4-3-5-8-16)24-15-26(21)13-18-11-19(27)23-14-22-18/h3-5,7-8,11,14-15,17H,2,6,9-10,12-13H2,1H3,(H,22,23,27)/t17-/m1/s1. The Morgan fingerprint density at radius 2 is 2.07 bits per heavy atom. The van der Waals surface area contributed by atoms with Gasteiger partial charge in [-0.25, -0.2) is 9.97 Å². The van der Waals surface area contributed by atoms with E-state index in [0.717, 1.165) is 43.0 Å². The number of likely N-dealkylation sites (N-methyl/N-ethyl adjacent to an activating group) is 1. The number of nitrogens with one attached hydrogen (secondary N) is 1. The highest BCUT2D eigenvalue weighted by molar-refractivity contribution is 5.62. The Balaban J connectivity index is 1.74. The van der Waals surface area contributed by atoms with E-state index < -0.39 is 0 Å². The first-order valence-electron chi connectivity index (χ1n) is 9.61. The van der Waals surface area contributed by atoms with E-state index in [1.165, 1.54) is 18.4 Å². The van der Waals surface area contributed by atoms with Crippen LogP contribution in [-0.2, 0) is 6.54 Å². The summed E-state index contributed by atoms with van der Waals surface area (Å²) in [6, 6.07) is 11.9. The number of benzene rings is 1. The average Bonchev–Trinajstić information content (AvgIpc) is 3.12. The first kappa shape index (κ1) is 17.7. The molecule has 2 aromatic heterocycles. The lowest BCUT2D eigenvalue weighted by Crippen LogP contribution is -2.35. The second-order valence-corrected chi connectivity index (χ2v) is 7.11. The Labute approximate surface area is 158 Å². The molecule has 4 rings (SSSR count). The van der Waals surface area contributed by atoms with Gasteiger partial charge in [0.1, 0.15) is 0 Å². The van der Waals surface area contributed by atoms with Crippen LogP contribution < -0.4 is 5.56 Å². The van der Waals surface area contributed by atoms with Crippen LogP contribution in [0.2, 0.25) is 0 Å². The molecule has 1 aliphatic heterocycles. The van der Waals surface area contributed by atoms with Gasteiger partial charge in [-0.3, -0.25) is 4.79 Å². The lowest BCUT2D eigenvalue weighted by molar-refractivity contribution is 0.214. The molecule has 1 N–H and O–H groups in total. The molecule has 0 spiro atoms. The molecule has 0 saturated carbocycles. The number of rotatable bonds is 5. The van der Waals surface area contributed by atoms with Crippen LogP contribution in [0.3, 0.4) is 0 Å². The molecule has 3 aromatic rings. The summed E-state index contributed by atoms with van der Waals surface area (Å²) < 4.78 is 2.17. The van der Waals surface area contributed by atoms with Crippen molar-refractivity contribution in [3.8, 4) is 11.3 Å². The highest BCUT2D eigenvalue weighted by atomic mass is 16.1. The van der Waals surface area contributed by atoms with Gasteiger partial charge >= 0.3 is 0 Å². The molecular formula is C21H25N5O. The largest absolute Gasteiger partial charge is 0.328 e. The topological polar surface area (TPSA) is 66.8 Å². The van der Waals surface area contributed by atoms with Gasteiger partial charge < -0.3 is 14.5 Å². The number of likely N-dealkylation sites (tertiary alicyclic amines) is 1. The number of hydrogen-bond donors (Lipinski definition) is 1. The molecule has 1 aliphatic rings. The molecule has 0 aliphatic carbocycles. The summed E-state index contributed by atoms with van der Waals surface area (Å²) >= 11 is 0. The fourth-order valence-electron chi connectivity index (χ4n) is 4.00. The molecule has 0 amide bonds. The summed E-state index contributed by atoms with van der Waals surface area (Å²) in [6.07, 6.45) is 5.71. The second kappa shape index (κ2) is 7.88. The molecule has 1 saturated heterocycles. The van der Waals surface area contributed by atoms with Crippen molar-refractivity contribution in [2.75, 3.05) is 19.6 Å². The number of piperidine rings is 1. The zero-order chi connectivity index (χ0) is 18.6. The zero-order valence-electron chi connectivity index (χ0n) is 15.6. The minimum Gasteiger partial charge on any atom is -0.328 e. The van der Waals surface area contributed by atoms with Gasteiger partial charge in [0.15, 0.2) is 0 Å². The van der Waals surface area contributed by atoms with E-state index in [1.54, 1.807) is 6.07 Å². The first-order chi connectivity index (χ1) is 13.2. The number of hydrogen-bond acceptors (Lipinski definition) is 4. The van der Waals surface area contributed by atoms with Gasteiger partial charge in [-0.15, -0.1) is 0 Å². The Morgan fingerprint density at radius 3 is 2.85 bits per heavy atom. The third kappa shape index (κ3) is 3.85. The van der Waals surface area contributed by atoms with E-state index >= 15 is 0 Å². The molecule has 27 heavy (non-hydrogen) atoms. The van der Waals surface area contributed by atoms with E-state index in [9.17, 15) is 4.79 Å². The Morgan fingerprint density at radius 1 is 1.22 bits per heavy atom. The van der Waals surface area contributed by atoms with Gasteiger partial charge in [0.25, 0.3) is 5.56 Å². The monoisotopic (exact) mass is 363 g/mol. The maximum absolute atomic E-state index is 11.6. The van der Waals surface area contributed by atoms with Crippen molar-refractivity contribution in [3.63, 3.8) is 0 Å². The molecule has 0 radical (unpaired) electrons. The quantitative estimate of drug-likeness (QED) is 0.757. The van der Waals surface area contributed by atoms with Crippen molar-refractivity contribution >= 4 is 0 Å². The van der Waals surface area contributed by atoms with Crippen molar-refractivity contribution < 1.29 is 0 Å². The Bertz CT molecular complexity index is 946. The fourth-order valence-corrected chi connectivity index (χ4v) is 4.00. The van der Waals surface area contributed by atoms with Crippen LogP contribution in [0.1, 0.15) is 37.1 Å². The third-order valence-corrected chi connectivity index (χ3v) is 5.33. The summed E-state index contributed by atoms with van der Waals surface area (Å²) in [5, 5.41) is 0. The summed E-state index contributed by atoms with van der Waals surface area (Å²) in [6.45, 7) is 6.06. The zero-order valence-corrected chi connectivity index (χ0v) is 15.6.